The van der Waals surface area contributed by atoms with Crippen molar-refractivity contribution in [2.45, 2.75) is 13.5 Å². The van der Waals surface area contributed by atoms with Gasteiger partial charge in [-0.2, -0.15) is 5.10 Å². The molecule has 1 aromatic rings. The van der Waals surface area contributed by atoms with Crippen LogP contribution in [0.5, 0.6) is 0 Å². The van der Waals surface area contributed by atoms with Crippen molar-refractivity contribution >= 4 is 17.5 Å². The summed E-state index contributed by atoms with van der Waals surface area (Å²) >= 11 is 5.82. The fourth-order valence-corrected chi connectivity index (χ4v) is 1.22. The lowest BCUT2D eigenvalue weighted by Gasteiger charge is -1.99. The standard InChI is InChI=1S/C8H13ClN4O/c1-2-13-5-6(9)7(12-13)8(14)11-4-3-10/h5H,2-4,10H2,1H3,(H,11,14). The van der Waals surface area contributed by atoms with E-state index in [1.807, 2.05) is 6.92 Å². The molecule has 0 aliphatic carbocycles. The van der Waals surface area contributed by atoms with Gasteiger partial charge < -0.3 is 11.1 Å². The Morgan fingerprint density at radius 2 is 2.50 bits per heavy atom. The highest BCUT2D eigenvalue weighted by atomic mass is 35.5. The summed E-state index contributed by atoms with van der Waals surface area (Å²) in [6.45, 7) is 3.43. The van der Waals surface area contributed by atoms with Gasteiger partial charge in [-0.1, -0.05) is 11.6 Å². The Hall–Kier alpha value is -1.07. The number of hydrogen-bond donors (Lipinski definition) is 2. The first-order chi connectivity index (χ1) is 6.69. The van der Waals surface area contributed by atoms with Crippen molar-refractivity contribution in [3.8, 4) is 0 Å². The molecule has 0 aliphatic heterocycles. The van der Waals surface area contributed by atoms with E-state index >= 15 is 0 Å². The second-order valence-electron chi connectivity index (χ2n) is 2.73. The Kier molecular flexibility index (Phi) is 3.91. The molecule has 0 aliphatic rings. The minimum atomic E-state index is -0.285. The molecule has 0 unspecified atom stereocenters. The molecular weight excluding hydrogens is 204 g/mol. The summed E-state index contributed by atoms with van der Waals surface area (Å²) in [5.74, 6) is -0.285. The van der Waals surface area contributed by atoms with E-state index in [-0.39, 0.29) is 11.6 Å². The van der Waals surface area contributed by atoms with E-state index in [0.29, 0.717) is 24.7 Å². The van der Waals surface area contributed by atoms with Crippen molar-refractivity contribution in [3.05, 3.63) is 16.9 Å². The normalized spacial score (nSPS) is 10.2. The summed E-state index contributed by atoms with van der Waals surface area (Å²) in [6, 6.07) is 0. The molecule has 0 saturated heterocycles. The Morgan fingerprint density at radius 1 is 1.79 bits per heavy atom. The van der Waals surface area contributed by atoms with Crippen LogP contribution in [-0.2, 0) is 6.54 Å². The number of nitrogens with zero attached hydrogens (tertiary/aromatic N) is 2. The Morgan fingerprint density at radius 3 is 3.00 bits per heavy atom. The van der Waals surface area contributed by atoms with Crippen molar-refractivity contribution < 1.29 is 4.79 Å². The molecule has 6 heteroatoms. The van der Waals surface area contributed by atoms with Crippen LogP contribution in [0.15, 0.2) is 6.20 Å². The van der Waals surface area contributed by atoms with Gasteiger partial charge in [-0.3, -0.25) is 9.48 Å². The number of carbonyl (C=O) groups excluding carboxylic acids is 1. The van der Waals surface area contributed by atoms with Gasteiger partial charge in [0.2, 0.25) is 0 Å². The summed E-state index contributed by atoms with van der Waals surface area (Å²) in [6.07, 6.45) is 1.62. The molecule has 0 radical (unpaired) electrons. The van der Waals surface area contributed by atoms with E-state index in [9.17, 15) is 4.79 Å². The number of aryl methyl sites for hydroxylation is 1. The number of aromatic nitrogens is 2. The third-order valence-electron chi connectivity index (χ3n) is 1.69. The molecule has 78 valence electrons. The first-order valence-corrected chi connectivity index (χ1v) is 4.78. The quantitative estimate of drug-likeness (QED) is 0.758. The summed E-state index contributed by atoms with van der Waals surface area (Å²) in [5, 5.41) is 6.98. The largest absolute Gasteiger partial charge is 0.349 e. The first-order valence-electron chi connectivity index (χ1n) is 4.40. The molecule has 0 aromatic carbocycles. The van der Waals surface area contributed by atoms with Gasteiger partial charge in [0, 0.05) is 25.8 Å². The van der Waals surface area contributed by atoms with Gasteiger partial charge in [0.1, 0.15) is 0 Å². The Bertz CT molecular complexity index is 323. The predicted octanol–water partition coefficient (Wildman–Crippen LogP) is 0.245. The number of nitrogens with one attached hydrogen (secondary N) is 1. The smallest absolute Gasteiger partial charge is 0.273 e. The van der Waals surface area contributed by atoms with Crippen LogP contribution >= 0.6 is 11.6 Å². The van der Waals surface area contributed by atoms with Crippen LogP contribution < -0.4 is 11.1 Å². The highest BCUT2D eigenvalue weighted by molar-refractivity contribution is 6.33. The van der Waals surface area contributed by atoms with Crippen LogP contribution in [0.2, 0.25) is 5.02 Å². The van der Waals surface area contributed by atoms with Crippen LogP contribution in [0.4, 0.5) is 0 Å². The van der Waals surface area contributed by atoms with Gasteiger partial charge in [0.15, 0.2) is 5.69 Å². The molecule has 14 heavy (non-hydrogen) atoms. The van der Waals surface area contributed by atoms with E-state index in [4.69, 9.17) is 17.3 Å². The monoisotopic (exact) mass is 216 g/mol. The summed E-state index contributed by atoms with van der Waals surface area (Å²) in [4.78, 5) is 11.4. The van der Waals surface area contributed by atoms with Gasteiger partial charge in [-0.15, -0.1) is 0 Å². The fourth-order valence-electron chi connectivity index (χ4n) is 0.982. The maximum Gasteiger partial charge on any atom is 0.273 e. The van der Waals surface area contributed by atoms with Crippen molar-refractivity contribution in [3.63, 3.8) is 0 Å². The second kappa shape index (κ2) is 4.97. The predicted molar refractivity (Wildman–Crippen MR) is 54.3 cm³/mol. The average molecular weight is 217 g/mol. The number of nitrogens with two attached hydrogens (primary N) is 1. The number of carbonyl (C=O) groups is 1. The van der Waals surface area contributed by atoms with Crippen LogP contribution in [0.3, 0.4) is 0 Å². The maximum absolute atomic E-state index is 11.4. The lowest BCUT2D eigenvalue weighted by molar-refractivity contribution is 0.0949. The molecule has 0 bridgehead atoms. The summed E-state index contributed by atoms with van der Waals surface area (Å²) in [5.41, 5.74) is 5.50. The van der Waals surface area contributed by atoms with Crippen LogP contribution in [0.1, 0.15) is 17.4 Å². The summed E-state index contributed by atoms with van der Waals surface area (Å²) < 4.78 is 1.61. The molecule has 5 nitrogen and oxygen atoms in total. The third-order valence-corrected chi connectivity index (χ3v) is 1.96. The second-order valence-corrected chi connectivity index (χ2v) is 3.13. The first kappa shape index (κ1) is 11.0. The molecule has 1 aromatic heterocycles. The van der Waals surface area contributed by atoms with E-state index in [2.05, 4.69) is 10.4 Å². The van der Waals surface area contributed by atoms with Gasteiger partial charge in [-0.05, 0) is 6.92 Å². The zero-order chi connectivity index (χ0) is 10.6. The highest BCUT2D eigenvalue weighted by Crippen LogP contribution is 2.13. The van der Waals surface area contributed by atoms with E-state index < -0.39 is 0 Å². The zero-order valence-corrected chi connectivity index (χ0v) is 8.71. The third kappa shape index (κ3) is 2.46. The minimum absolute atomic E-state index is 0.252. The van der Waals surface area contributed by atoms with Crippen LogP contribution in [0, 0.1) is 0 Å². The molecular formula is C8H13ClN4O. The maximum atomic E-state index is 11.4. The van der Waals surface area contributed by atoms with Crippen LogP contribution in [-0.4, -0.2) is 28.8 Å². The topological polar surface area (TPSA) is 72.9 Å². The van der Waals surface area contributed by atoms with E-state index in [1.54, 1.807) is 10.9 Å². The van der Waals surface area contributed by atoms with Crippen molar-refractivity contribution in [1.29, 1.82) is 0 Å². The molecule has 3 N–H and O–H groups in total. The number of hydrogen-bond acceptors (Lipinski definition) is 3. The molecule has 1 rings (SSSR count). The molecule has 0 saturated carbocycles. The molecule has 1 amide bonds. The SMILES string of the molecule is CCn1cc(Cl)c(C(=O)NCCN)n1. The molecule has 0 atom stereocenters. The summed E-state index contributed by atoms with van der Waals surface area (Å²) in [7, 11) is 0. The van der Waals surface area contributed by atoms with E-state index in [0.717, 1.165) is 0 Å². The Labute approximate surface area is 87.2 Å². The van der Waals surface area contributed by atoms with E-state index in [1.165, 1.54) is 0 Å². The van der Waals surface area contributed by atoms with Gasteiger partial charge in [0.05, 0.1) is 5.02 Å². The van der Waals surface area contributed by atoms with Gasteiger partial charge in [-0.25, -0.2) is 0 Å². The van der Waals surface area contributed by atoms with Crippen molar-refractivity contribution in [1.82, 2.24) is 15.1 Å². The molecule has 0 spiro atoms. The van der Waals surface area contributed by atoms with Crippen molar-refractivity contribution in [2.75, 3.05) is 13.1 Å². The number of halogens is 1. The Balaban J connectivity index is 2.73. The number of rotatable bonds is 4. The lowest BCUT2D eigenvalue weighted by Crippen LogP contribution is -2.29. The average Bonchev–Trinajstić information content (AvgIpc) is 2.56. The molecule has 0 fully saturated rings. The van der Waals surface area contributed by atoms with Gasteiger partial charge >= 0.3 is 0 Å². The molecule has 1 heterocycles. The van der Waals surface area contributed by atoms with Crippen molar-refractivity contribution in [2.24, 2.45) is 5.73 Å². The zero-order valence-electron chi connectivity index (χ0n) is 7.96. The number of amides is 1. The highest BCUT2D eigenvalue weighted by Gasteiger charge is 2.13. The lowest BCUT2D eigenvalue weighted by atomic mass is 10.4. The fraction of sp³-hybridized carbons (Fsp3) is 0.500. The minimum Gasteiger partial charge on any atom is -0.349 e. The van der Waals surface area contributed by atoms with Gasteiger partial charge in [0.25, 0.3) is 5.91 Å². The van der Waals surface area contributed by atoms with Crippen LogP contribution in [0.25, 0.3) is 0 Å².